The second-order valence-corrected chi connectivity index (χ2v) is 1.89. The standard InChI is InChI=1S/C7H10O4/c1-6(2)11-7(9)3-4-10-5-8/h5H,1,3-4H2,2H3. The molecule has 0 aliphatic rings. The average Bonchev–Trinajstić information content (AvgIpc) is 1.86. The van der Waals surface area contributed by atoms with Gasteiger partial charge in [0.15, 0.2) is 0 Å². The van der Waals surface area contributed by atoms with Crippen LogP contribution in [-0.4, -0.2) is 19.0 Å². The van der Waals surface area contributed by atoms with Gasteiger partial charge in [0.25, 0.3) is 6.47 Å². The molecule has 0 aromatic carbocycles. The number of carbonyl (C=O) groups is 2. The summed E-state index contributed by atoms with van der Waals surface area (Å²) in [5, 5.41) is 0. The van der Waals surface area contributed by atoms with Gasteiger partial charge in [0.2, 0.25) is 0 Å². The fourth-order valence-corrected chi connectivity index (χ4v) is 0.436. The number of allylic oxidation sites excluding steroid dienone is 1. The van der Waals surface area contributed by atoms with E-state index in [4.69, 9.17) is 0 Å². The summed E-state index contributed by atoms with van der Waals surface area (Å²) in [5.74, 6) is -0.111. The number of carbonyl (C=O) groups excluding carboxylic acids is 2. The Hall–Kier alpha value is -1.32. The topological polar surface area (TPSA) is 52.6 Å². The highest BCUT2D eigenvalue weighted by atomic mass is 16.5. The van der Waals surface area contributed by atoms with Gasteiger partial charge in [0.1, 0.15) is 6.61 Å². The van der Waals surface area contributed by atoms with Crippen molar-refractivity contribution in [2.75, 3.05) is 6.61 Å². The van der Waals surface area contributed by atoms with E-state index < -0.39 is 5.97 Å². The fourth-order valence-electron chi connectivity index (χ4n) is 0.436. The predicted octanol–water partition coefficient (Wildman–Crippen LogP) is 0.626. The molecule has 4 heteroatoms. The molecular weight excluding hydrogens is 148 g/mol. The van der Waals surface area contributed by atoms with Gasteiger partial charge < -0.3 is 9.47 Å². The molecule has 0 heterocycles. The zero-order chi connectivity index (χ0) is 8.69. The first-order chi connectivity index (χ1) is 5.16. The molecule has 0 spiro atoms. The van der Waals surface area contributed by atoms with Crippen molar-refractivity contribution in [1.82, 2.24) is 0 Å². The first-order valence-electron chi connectivity index (χ1n) is 3.08. The Morgan fingerprint density at radius 3 is 2.73 bits per heavy atom. The van der Waals surface area contributed by atoms with Crippen LogP contribution in [0.5, 0.6) is 0 Å². The van der Waals surface area contributed by atoms with Gasteiger partial charge >= 0.3 is 5.97 Å². The van der Waals surface area contributed by atoms with E-state index in [0.29, 0.717) is 5.76 Å². The molecule has 0 saturated heterocycles. The molecule has 11 heavy (non-hydrogen) atoms. The highest BCUT2D eigenvalue weighted by Crippen LogP contribution is 1.94. The molecule has 62 valence electrons. The summed E-state index contributed by atoms with van der Waals surface area (Å²) in [6, 6.07) is 0. The van der Waals surface area contributed by atoms with Gasteiger partial charge in [0, 0.05) is 0 Å². The largest absolute Gasteiger partial charge is 0.467 e. The van der Waals surface area contributed by atoms with Gasteiger partial charge in [0.05, 0.1) is 12.2 Å². The first kappa shape index (κ1) is 9.68. The van der Waals surface area contributed by atoms with E-state index in [1.54, 1.807) is 6.92 Å². The molecule has 0 aromatic rings. The summed E-state index contributed by atoms with van der Waals surface area (Å²) >= 11 is 0. The molecule has 0 rings (SSSR count). The van der Waals surface area contributed by atoms with Crippen LogP contribution in [0, 0.1) is 0 Å². The molecule has 0 fully saturated rings. The van der Waals surface area contributed by atoms with Crippen molar-refractivity contribution in [3.63, 3.8) is 0 Å². The number of ether oxygens (including phenoxy) is 2. The van der Waals surface area contributed by atoms with Crippen LogP contribution >= 0.6 is 0 Å². The lowest BCUT2D eigenvalue weighted by molar-refractivity contribution is -0.141. The lowest BCUT2D eigenvalue weighted by Gasteiger charge is -2.00. The molecule has 0 N–H and O–H groups in total. The summed E-state index contributed by atoms with van der Waals surface area (Å²) in [7, 11) is 0. The van der Waals surface area contributed by atoms with E-state index in [2.05, 4.69) is 16.1 Å². The van der Waals surface area contributed by atoms with Gasteiger partial charge in [-0.05, 0) is 6.92 Å². The van der Waals surface area contributed by atoms with E-state index in [9.17, 15) is 9.59 Å². The van der Waals surface area contributed by atoms with E-state index in [1.165, 1.54) is 0 Å². The maximum absolute atomic E-state index is 10.6. The molecule has 0 amide bonds. The molecule has 0 aliphatic carbocycles. The monoisotopic (exact) mass is 158 g/mol. The van der Waals surface area contributed by atoms with E-state index in [1.807, 2.05) is 0 Å². The van der Waals surface area contributed by atoms with Gasteiger partial charge in [-0.15, -0.1) is 0 Å². The minimum absolute atomic E-state index is 0.0512. The predicted molar refractivity (Wildman–Crippen MR) is 37.5 cm³/mol. The Morgan fingerprint density at radius 2 is 2.27 bits per heavy atom. The van der Waals surface area contributed by atoms with Crippen molar-refractivity contribution in [3.8, 4) is 0 Å². The first-order valence-corrected chi connectivity index (χ1v) is 3.08. The molecule has 0 aromatic heterocycles. The maximum Gasteiger partial charge on any atom is 0.314 e. The molecule has 0 unspecified atom stereocenters. The van der Waals surface area contributed by atoms with Crippen molar-refractivity contribution in [1.29, 1.82) is 0 Å². The molecule has 0 atom stereocenters. The zero-order valence-electron chi connectivity index (χ0n) is 6.33. The molecular formula is C7H10O4. The second-order valence-electron chi connectivity index (χ2n) is 1.89. The van der Waals surface area contributed by atoms with Crippen molar-refractivity contribution in [2.45, 2.75) is 13.3 Å². The van der Waals surface area contributed by atoms with Crippen molar-refractivity contribution in [2.24, 2.45) is 0 Å². The summed E-state index contributed by atoms with van der Waals surface area (Å²) < 4.78 is 8.84. The average molecular weight is 158 g/mol. The van der Waals surface area contributed by atoms with Crippen molar-refractivity contribution in [3.05, 3.63) is 12.3 Å². The smallest absolute Gasteiger partial charge is 0.314 e. The van der Waals surface area contributed by atoms with E-state index in [0.717, 1.165) is 0 Å². The van der Waals surface area contributed by atoms with Crippen molar-refractivity contribution >= 4 is 12.4 Å². The fraction of sp³-hybridized carbons (Fsp3) is 0.429. The quantitative estimate of drug-likeness (QED) is 0.255. The van der Waals surface area contributed by atoms with Crippen LogP contribution in [0.3, 0.4) is 0 Å². The van der Waals surface area contributed by atoms with Crippen LogP contribution in [0.4, 0.5) is 0 Å². The van der Waals surface area contributed by atoms with Gasteiger partial charge in [-0.2, -0.15) is 0 Å². The summed E-state index contributed by atoms with van der Waals surface area (Å²) in [5.41, 5.74) is 0. The highest BCUT2D eigenvalue weighted by molar-refractivity contribution is 5.70. The Kier molecular flexibility index (Phi) is 4.81. The van der Waals surface area contributed by atoms with Gasteiger partial charge in [-0.25, -0.2) is 0 Å². The second kappa shape index (κ2) is 5.46. The highest BCUT2D eigenvalue weighted by Gasteiger charge is 2.01. The molecule has 0 radical (unpaired) electrons. The normalized spacial score (nSPS) is 8.45. The Balaban J connectivity index is 3.37. The van der Waals surface area contributed by atoms with Gasteiger partial charge in [-0.3, -0.25) is 9.59 Å². The van der Waals surface area contributed by atoms with E-state index in [-0.39, 0.29) is 19.5 Å². The number of esters is 1. The SMILES string of the molecule is C=C(C)OC(=O)CCOC=O. The molecule has 0 bridgehead atoms. The maximum atomic E-state index is 10.6. The van der Waals surface area contributed by atoms with E-state index >= 15 is 0 Å². The summed E-state index contributed by atoms with van der Waals surface area (Å²) in [4.78, 5) is 20.3. The third kappa shape index (κ3) is 6.57. The van der Waals surface area contributed by atoms with Crippen molar-refractivity contribution < 1.29 is 19.1 Å². The Labute approximate surface area is 64.8 Å². The minimum Gasteiger partial charge on any atom is -0.467 e. The zero-order valence-corrected chi connectivity index (χ0v) is 6.33. The lowest BCUT2D eigenvalue weighted by Crippen LogP contribution is -2.06. The van der Waals surface area contributed by atoms with Crippen LogP contribution < -0.4 is 0 Å². The molecule has 0 aliphatic heterocycles. The molecule has 4 nitrogen and oxygen atoms in total. The van der Waals surface area contributed by atoms with Crippen LogP contribution in [0.1, 0.15) is 13.3 Å². The number of rotatable bonds is 5. The Morgan fingerprint density at radius 1 is 1.64 bits per heavy atom. The third-order valence-corrected chi connectivity index (χ3v) is 0.780. The minimum atomic E-state index is -0.445. The lowest BCUT2D eigenvalue weighted by atomic mass is 10.5. The van der Waals surface area contributed by atoms with Crippen LogP contribution in [0.15, 0.2) is 12.3 Å². The summed E-state index contributed by atoms with van der Waals surface area (Å²) in [6.45, 7) is 5.27. The van der Waals surface area contributed by atoms with Crippen LogP contribution in [-0.2, 0) is 19.1 Å². The number of hydrogen-bond acceptors (Lipinski definition) is 4. The van der Waals surface area contributed by atoms with Crippen LogP contribution in [0.2, 0.25) is 0 Å². The summed E-state index contributed by atoms with van der Waals surface area (Å²) in [6.07, 6.45) is 0.0611. The molecule has 0 saturated carbocycles. The Bertz CT molecular complexity index is 162. The van der Waals surface area contributed by atoms with Gasteiger partial charge in [-0.1, -0.05) is 6.58 Å². The third-order valence-electron chi connectivity index (χ3n) is 0.780. The number of hydrogen-bond donors (Lipinski definition) is 0. The van der Waals surface area contributed by atoms with Crippen LogP contribution in [0.25, 0.3) is 0 Å².